The van der Waals surface area contributed by atoms with Crippen LogP contribution in [0.25, 0.3) is 0 Å². The van der Waals surface area contributed by atoms with Gasteiger partial charge in [-0.25, -0.2) is 0 Å². The molecule has 2 N–H and O–H groups in total. The number of hydrogen-bond acceptors (Lipinski definition) is 4. The van der Waals surface area contributed by atoms with Gasteiger partial charge in [0, 0.05) is 17.6 Å². The summed E-state index contributed by atoms with van der Waals surface area (Å²) in [5.41, 5.74) is 4.63. The van der Waals surface area contributed by atoms with Crippen LogP contribution in [0, 0.1) is 11.3 Å². The van der Waals surface area contributed by atoms with Crippen LogP contribution in [-0.4, -0.2) is 10.9 Å². The van der Waals surface area contributed by atoms with Crippen molar-refractivity contribution in [1.29, 1.82) is 5.26 Å². The molecule has 0 fully saturated rings. The van der Waals surface area contributed by atoms with E-state index in [9.17, 15) is 4.79 Å². The summed E-state index contributed by atoms with van der Waals surface area (Å²) in [6, 6.07) is 18.7. The summed E-state index contributed by atoms with van der Waals surface area (Å²) in [4.78, 5) is 16.6. The lowest BCUT2D eigenvalue weighted by Crippen LogP contribution is -2.12. The second-order valence-electron chi connectivity index (χ2n) is 7.56. The predicted molar refractivity (Wildman–Crippen MR) is 112 cm³/mol. The number of nitrogens with one attached hydrogen (secondary N) is 2. The van der Waals surface area contributed by atoms with Crippen molar-refractivity contribution in [3.63, 3.8) is 0 Å². The highest BCUT2D eigenvalue weighted by atomic mass is 16.1. The molecule has 1 heterocycles. The number of amides is 1. The molecule has 0 atom stereocenters. The molecule has 0 unspecified atom stereocenters. The van der Waals surface area contributed by atoms with E-state index in [0.717, 1.165) is 11.4 Å². The Balaban J connectivity index is 1.71. The van der Waals surface area contributed by atoms with Crippen LogP contribution in [0.3, 0.4) is 0 Å². The zero-order valence-corrected chi connectivity index (χ0v) is 16.2. The molecular weight excluding hydrogens is 348 g/mol. The molecule has 0 spiro atoms. The Hall–Kier alpha value is -3.65. The molecule has 5 nitrogen and oxygen atoms in total. The third-order valence-electron chi connectivity index (χ3n) is 4.31. The van der Waals surface area contributed by atoms with Crippen LogP contribution in [0.4, 0.5) is 17.1 Å². The molecule has 0 aliphatic heterocycles. The number of rotatable bonds is 4. The molecule has 2 aromatic carbocycles. The summed E-state index contributed by atoms with van der Waals surface area (Å²) in [5.74, 6) is -0.260. The zero-order valence-electron chi connectivity index (χ0n) is 16.2. The lowest BCUT2D eigenvalue weighted by molar-refractivity contribution is 0.102. The summed E-state index contributed by atoms with van der Waals surface area (Å²) in [6.07, 6.45) is 3.20. The lowest BCUT2D eigenvalue weighted by atomic mass is 9.87. The summed E-state index contributed by atoms with van der Waals surface area (Å²) in [6.45, 7) is 6.53. The van der Waals surface area contributed by atoms with Crippen LogP contribution in [0.15, 0.2) is 67.0 Å². The van der Waals surface area contributed by atoms with Crippen molar-refractivity contribution < 1.29 is 4.79 Å². The second-order valence-corrected chi connectivity index (χ2v) is 7.56. The van der Waals surface area contributed by atoms with Crippen LogP contribution in [0.5, 0.6) is 0 Å². The molecule has 0 saturated carbocycles. The number of aromatic nitrogens is 1. The van der Waals surface area contributed by atoms with Crippen molar-refractivity contribution in [1.82, 2.24) is 4.98 Å². The average molecular weight is 370 g/mol. The number of anilines is 3. The summed E-state index contributed by atoms with van der Waals surface area (Å²) >= 11 is 0. The number of pyridine rings is 1. The SMILES string of the molecule is CC(C)(C)c1ccc(Nc2cncc(C(=O)Nc3ccc(C#N)cc3)c2)cc1. The normalized spacial score (nSPS) is 10.8. The molecule has 1 aromatic heterocycles. The summed E-state index contributed by atoms with van der Waals surface area (Å²) in [5, 5.41) is 14.9. The van der Waals surface area contributed by atoms with Crippen molar-refractivity contribution in [3.8, 4) is 6.07 Å². The monoisotopic (exact) mass is 370 g/mol. The molecular formula is C23H22N4O. The Morgan fingerprint density at radius 1 is 0.929 bits per heavy atom. The number of nitriles is 1. The molecule has 0 bridgehead atoms. The summed E-state index contributed by atoms with van der Waals surface area (Å²) in [7, 11) is 0. The molecule has 140 valence electrons. The average Bonchev–Trinajstić information content (AvgIpc) is 2.68. The van der Waals surface area contributed by atoms with E-state index in [1.54, 1.807) is 36.5 Å². The quantitative estimate of drug-likeness (QED) is 0.658. The molecule has 0 radical (unpaired) electrons. The van der Waals surface area contributed by atoms with Gasteiger partial charge < -0.3 is 10.6 Å². The highest BCUT2D eigenvalue weighted by Gasteiger charge is 2.13. The third kappa shape index (κ3) is 4.74. The number of carbonyl (C=O) groups excluding carboxylic acids is 1. The van der Waals surface area contributed by atoms with Crippen molar-refractivity contribution in [3.05, 3.63) is 83.7 Å². The Labute approximate surface area is 165 Å². The van der Waals surface area contributed by atoms with Gasteiger partial charge in [-0.15, -0.1) is 0 Å². The molecule has 0 aliphatic carbocycles. The maximum Gasteiger partial charge on any atom is 0.257 e. The zero-order chi connectivity index (χ0) is 20.1. The van der Waals surface area contributed by atoms with Crippen LogP contribution < -0.4 is 10.6 Å². The van der Waals surface area contributed by atoms with E-state index in [4.69, 9.17) is 5.26 Å². The molecule has 1 amide bonds. The fourth-order valence-corrected chi connectivity index (χ4v) is 2.68. The molecule has 0 saturated heterocycles. The molecule has 0 aliphatic rings. The van der Waals surface area contributed by atoms with Gasteiger partial charge in [0.25, 0.3) is 5.91 Å². The Kier molecular flexibility index (Phi) is 5.42. The van der Waals surface area contributed by atoms with Gasteiger partial charge in [0.15, 0.2) is 0 Å². The first kappa shape index (κ1) is 19.1. The van der Waals surface area contributed by atoms with Crippen LogP contribution >= 0.6 is 0 Å². The predicted octanol–water partition coefficient (Wildman–Crippen LogP) is 5.25. The van der Waals surface area contributed by atoms with Crippen molar-refractivity contribution in [2.75, 3.05) is 10.6 Å². The maximum atomic E-state index is 12.5. The van der Waals surface area contributed by atoms with E-state index in [-0.39, 0.29) is 11.3 Å². The molecule has 5 heteroatoms. The van der Waals surface area contributed by atoms with E-state index in [1.165, 1.54) is 11.8 Å². The minimum Gasteiger partial charge on any atom is -0.354 e. The van der Waals surface area contributed by atoms with E-state index in [0.29, 0.717) is 16.8 Å². The van der Waals surface area contributed by atoms with Gasteiger partial charge in [-0.3, -0.25) is 9.78 Å². The van der Waals surface area contributed by atoms with Crippen molar-refractivity contribution in [2.24, 2.45) is 0 Å². The first-order valence-corrected chi connectivity index (χ1v) is 8.99. The van der Waals surface area contributed by atoms with Gasteiger partial charge >= 0.3 is 0 Å². The molecule has 3 rings (SSSR count). The van der Waals surface area contributed by atoms with Crippen LogP contribution in [0.2, 0.25) is 0 Å². The Morgan fingerprint density at radius 3 is 2.18 bits per heavy atom. The van der Waals surface area contributed by atoms with Crippen molar-refractivity contribution >= 4 is 23.0 Å². The van der Waals surface area contributed by atoms with Crippen LogP contribution in [0.1, 0.15) is 42.3 Å². The van der Waals surface area contributed by atoms with Gasteiger partial charge in [-0.2, -0.15) is 5.26 Å². The van der Waals surface area contributed by atoms with E-state index in [1.807, 2.05) is 12.1 Å². The smallest absolute Gasteiger partial charge is 0.257 e. The first-order valence-electron chi connectivity index (χ1n) is 8.99. The Morgan fingerprint density at radius 2 is 1.57 bits per heavy atom. The minimum atomic E-state index is -0.260. The second kappa shape index (κ2) is 7.93. The van der Waals surface area contributed by atoms with Crippen LogP contribution in [-0.2, 0) is 5.41 Å². The summed E-state index contributed by atoms with van der Waals surface area (Å²) < 4.78 is 0. The topological polar surface area (TPSA) is 77.8 Å². The van der Waals surface area contributed by atoms with Gasteiger partial charge in [-0.1, -0.05) is 32.9 Å². The maximum absolute atomic E-state index is 12.5. The number of carbonyl (C=O) groups is 1. The number of benzene rings is 2. The third-order valence-corrected chi connectivity index (χ3v) is 4.31. The molecule has 28 heavy (non-hydrogen) atoms. The van der Waals surface area contributed by atoms with Gasteiger partial charge in [-0.05, 0) is 53.4 Å². The molecule has 3 aromatic rings. The van der Waals surface area contributed by atoms with Crippen molar-refractivity contribution in [2.45, 2.75) is 26.2 Å². The standard InChI is InChI=1S/C23H22N4O/c1-23(2,3)18-6-10-19(11-7-18)26-21-12-17(14-25-15-21)22(28)27-20-8-4-16(13-24)5-9-20/h4-12,14-15,26H,1-3H3,(H,27,28). The highest BCUT2D eigenvalue weighted by Crippen LogP contribution is 2.25. The van der Waals surface area contributed by atoms with E-state index < -0.39 is 0 Å². The van der Waals surface area contributed by atoms with Gasteiger partial charge in [0.05, 0.1) is 29.1 Å². The largest absolute Gasteiger partial charge is 0.354 e. The highest BCUT2D eigenvalue weighted by molar-refractivity contribution is 6.04. The lowest BCUT2D eigenvalue weighted by Gasteiger charge is -2.19. The number of nitrogens with zero attached hydrogens (tertiary/aromatic N) is 2. The van der Waals surface area contributed by atoms with Gasteiger partial charge in [0.2, 0.25) is 0 Å². The first-order chi connectivity index (χ1) is 13.3. The van der Waals surface area contributed by atoms with E-state index in [2.05, 4.69) is 54.6 Å². The number of hydrogen-bond donors (Lipinski definition) is 2. The Bertz CT molecular complexity index is 1010. The fourth-order valence-electron chi connectivity index (χ4n) is 2.68. The fraction of sp³-hybridized carbons (Fsp3) is 0.174. The minimum absolute atomic E-state index is 0.101. The van der Waals surface area contributed by atoms with Gasteiger partial charge in [0.1, 0.15) is 0 Å². The van der Waals surface area contributed by atoms with E-state index >= 15 is 0 Å².